The minimum atomic E-state index is -1.05. The van der Waals surface area contributed by atoms with Gasteiger partial charge in [0.15, 0.2) is 6.10 Å². The van der Waals surface area contributed by atoms with Crippen LogP contribution in [0.15, 0.2) is 60.7 Å². The van der Waals surface area contributed by atoms with E-state index >= 15 is 0 Å². The van der Waals surface area contributed by atoms with Gasteiger partial charge < -0.3 is 19.7 Å². The van der Waals surface area contributed by atoms with Gasteiger partial charge in [-0.2, -0.15) is 0 Å². The second-order valence-corrected chi connectivity index (χ2v) is 10.8. The van der Waals surface area contributed by atoms with E-state index < -0.39 is 12.1 Å². The summed E-state index contributed by atoms with van der Waals surface area (Å²) in [5.41, 5.74) is 7.13. The van der Waals surface area contributed by atoms with Gasteiger partial charge in [0.1, 0.15) is 5.75 Å². The van der Waals surface area contributed by atoms with Crippen LogP contribution in [0.4, 0.5) is 0 Å². The largest absolute Gasteiger partial charge is 0.479 e. The molecule has 204 valence electrons. The van der Waals surface area contributed by atoms with Crippen molar-refractivity contribution in [3.05, 3.63) is 99.2 Å². The fourth-order valence-corrected chi connectivity index (χ4v) is 4.95. The summed E-state index contributed by atoms with van der Waals surface area (Å²) < 4.78 is 7.63. The summed E-state index contributed by atoms with van der Waals surface area (Å²) in [5.74, 6) is -0.403. The predicted molar refractivity (Wildman–Crippen MR) is 156 cm³/mol. The van der Waals surface area contributed by atoms with Gasteiger partial charge in [-0.25, -0.2) is 4.79 Å². The van der Waals surface area contributed by atoms with E-state index in [0.29, 0.717) is 28.8 Å². The summed E-state index contributed by atoms with van der Waals surface area (Å²) >= 11 is 6.40. The van der Waals surface area contributed by atoms with Crippen LogP contribution in [0.1, 0.15) is 78.0 Å². The minimum absolute atomic E-state index is 0.109. The number of carbonyl (C=O) groups is 2. The lowest BCUT2D eigenvalue weighted by Crippen LogP contribution is -2.26. The van der Waals surface area contributed by atoms with Crippen LogP contribution in [0, 0.1) is 13.8 Å². The van der Waals surface area contributed by atoms with E-state index in [4.69, 9.17) is 21.4 Å². The van der Waals surface area contributed by atoms with Gasteiger partial charge in [-0.3, -0.25) is 4.79 Å². The normalized spacial score (nSPS) is 12.9. The summed E-state index contributed by atoms with van der Waals surface area (Å²) in [6, 6.07) is 19.4. The highest BCUT2D eigenvalue weighted by molar-refractivity contribution is 6.32. The zero-order valence-corrected chi connectivity index (χ0v) is 24.0. The minimum Gasteiger partial charge on any atom is -0.479 e. The molecule has 4 aromatic rings. The molecule has 4 rings (SSSR count). The number of nitrogens with zero attached hydrogens (tertiary/aromatic N) is 1. The topological polar surface area (TPSA) is 80.6 Å². The van der Waals surface area contributed by atoms with Gasteiger partial charge in [0.05, 0.1) is 11.1 Å². The van der Waals surface area contributed by atoms with Crippen LogP contribution in [0.5, 0.6) is 5.75 Å². The van der Waals surface area contributed by atoms with E-state index in [2.05, 4.69) is 49.7 Å². The third-order valence-electron chi connectivity index (χ3n) is 7.31. The van der Waals surface area contributed by atoms with Crippen LogP contribution in [0.3, 0.4) is 0 Å². The van der Waals surface area contributed by atoms with Gasteiger partial charge in [-0.05, 0) is 86.2 Å². The molecule has 3 aromatic carbocycles. The summed E-state index contributed by atoms with van der Waals surface area (Å²) in [4.78, 5) is 24.3. The van der Waals surface area contributed by atoms with Crippen LogP contribution in [-0.4, -0.2) is 27.7 Å². The lowest BCUT2D eigenvalue weighted by Gasteiger charge is -2.17. The lowest BCUT2D eigenvalue weighted by molar-refractivity contribution is -0.144. The number of nitrogens with one attached hydrogen (secondary N) is 1. The van der Waals surface area contributed by atoms with Crippen molar-refractivity contribution >= 4 is 34.4 Å². The molecule has 0 saturated carbocycles. The van der Waals surface area contributed by atoms with Gasteiger partial charge in [0.25, 0.3) is 5.91 Å². The Labute approximate surface area is 234 Å². The van der Waals surface area contributed by atoms with Gasteiger partial charge in [0.2, 0.25) is 0 Å². The third kappa shape index (κ3) is 6.12. The highest BCUT2D eigenvalue weighted by atomic mass is 35.5. The first-order valence-corrected chi connectivity index (χ1v) is 13.5. The number of fused-ring (bicyclic) bond motifs is 1. The van der Waals surface area contributed by atoms with Gasteiger partial charge in [0, 0.05) is 28.7 Å². The molecule has 0 fully saturated rings. The monoisotopic (exact) mass is 546 g/mol. The van der Waals surface area contributed by atoms with Gasteiger partial charge >= 0.3 is 5.97 Å². The molecule has 7 heteroatoms. The van der Waals surface area contributed by atoms with E-state index in [1.54, 1.807) is 12.1 Å². The summed E-state index contributed by atoms with van der Waals surface area (Å²) in [6.07, 6.45) is -0.994. The first kappa shape index (κ1) is 28.2. The zero-order valence-electron chi connectivity index (χ0n) is 23.2. The second-order valence-electron chi connectivity index (χ2n) is 10.4. The van der Waals surface area contributed by atoms with Crippen molar-refractivity contribution in [3.63, 3.8) is 0 Å². The molecule has 0 saturated heterocycles. The molecule has 1 amide bonds. The number of hydrogen-bond acceptors (Lipinski definition) is 3. The first-order valence-electron chi connectivity index (χ1n) is 13.1. The van der Waals surface area contributed by atoms with E-state index in [1.807, 2.05) is 43.3 Å². The molecule has 1 aromatic heterocycles. The first-order chi connectivity index (χ1) is 18.5. The Morgan fingerprint density at radius 3 is 2.36 bits per heavy atom. The summed E-state index contributed by atoms with van der Waals surface area (Å²) in [7, 11) is 0. The van der Waals surface area contributed by atoms with Crippen LogP contribution in [0.2, 0.25) is 5.02 Å². The maximum Gasteiger partial charge on any atom is 0.344 e. The quantitative estimate of drug-likeness (QED) is 0.229. The summed E-state index contributed by atoms with van der Waals surface area (Å²) in [6.45, 7) is 12.5. The molecule has 0 bridgehead atoms. The number of benzene rings is 3. The Bertz CT molecular complexity index is 1540. The van der Waals surface area contributed by atoms with Crippen molar-refractivity contribution in [1.29, 1.82) is 0 Å². The number of aliphatic carboxylic acids is 1. The molecule has 0 aliphatic carbocycles. The number of aryl methyl sites for hydroxylation is 1. The van der Waals surface area contributed by atoms with Gasteiger partial charge in [-0.1, -0.05) is 55.8 Å². The Morgan fingerprint density at radius 2 is 1.69 bits per heavy atom. The molecular weight excluding hydrogens is 512 g/mol. The maximum atomic E-state index is 13.2. The second kappa shape index (κ2) is 11.5. The number of rotatable bonds is 9. The molecule has 6 nitrogen and oxygen atoms in total. The number of aromatic nitrogens is 1. The fraction of sp³-hybridized carbons (Fsp3) is 0.312. The molecule has 2 N–H and O–H groups in total. The molecule has 2 atom stereocenters. The Kier molecular flexibility index (Phi) is 8.36. The van der Waals surface area contributed by atoms with Gasteiger partial charge in [-0.15, -0.1) is 0 Å². The number of ether oxygens (including phenoxy) is 1. The SMILES string of the molecule is Cc1c(C)n(Cc2ccc(OC(C)C(=O)O)c(Cl)c2)c2ccc(C(=O)NC(C)c3cccc(C(C)C)c3)cc12. The lowest BCUT2D eigenvalue weighted by atomic mass is 9.98. The highest BCUT2D eigenvalue weighted by Crippen LogP contribution is 2.30. The number of halogens is 1. The molecule has 39 heavy (non-hydrogen) atoms. The fourth-order valence-electron chi connectivity index (χ4n) is 4.71. The van der Waals surface area contributed by atoms with Crippen LogP contribution in [0.25, 0.3) is 10.9 Å². The van der Waals surface area contributed by atoms with E-state index in [1.165, 1.54) is 12.5 Å². The molecule has 0 spiro atoms. The van der Waals surface area contributed by atoms with Crippen molar-refractivity contribution in [3.8, 4) is 5.75 Å². The number of hydrogen-bond donors (Lipinski definition) is 2. The van der Waals surface area contributed by atoms with E-state index in [0.717, 1.165) is 33.3 Å². The average molecular weight is 547 g/mol. The molecular formula is C32H35ClN2O4. The predicted octanol–water partition coefficient (Wildman–Crippen LogP) is 7.43. The van der Waals surface area contributed by atoms with E-state index in [9.17, 15) is 9.59 Å². The van der Waals surface area contributed by atoms with Crippen LogP contribution >= 0.6 is 11.6 Å². The van der Waals surface area contributed by atoms with Crippen molar-refractivity contribution in [2.24, 2.45) is 0 Å². The van der Waals surface area contributed by atoms with Crippen LogP contribution in [-0.2, 0) is 11.3 Å². The zero-order chi connectivity index (χ0) is 28.4. The third-order valence-corrected chi connectivity index (χ3v) is 7.61. The standard InChI is InChI=1S/C32H35ClN2O4/c1-18(2)24-8-7-9-25(15-24)20(4)34-31(36)26-11-12-29-27(16-26)19(3)21(5)35(29)17-23-10-13-30(28(33)14-23)39-22(6)32(37)38/h7-16,18,20,22H,17H2,1-6H3,(H,34,36)(H,37,38). The Balaban J connectivity index is 1.55. The highest BCUT2D eigenvalue weighted by Gasteiger charge is 2.18. The van der Waals surface area contributed by atoms with Crippen molar-refractivity contribution in [2.75, 3.05) is 0 Å². The van der Waals surface area contributed by atoms with Crippen molar-refractivity contribution < 1.29 is 19.4 Å². The van der Waals surface area contributed by atoms with Crippen molar-refractivity contribution in [2.45, 2.75) is 66.2 Å². The van der Waals surface area contributed by atoms with E-state index in [-0.39, 0.29) is 11.9 Å². The molecule has 0 aliphatic heterocycles. The maximum absolute atomic E-state index is 13.2. The molecule has 0 radical (unpaired) electrons. The summed E-state index contributed by atoms with van der Waals surface area (Å²) in [5, 5.41) is 13.6. The van der Waals surface area contributed by atoms with Crippen molar-refractivity contribution in [1.82, 2.24) is 9.88 Å². The number of carboxylic acids is 1. The molecule has 0 aliphatic rings. The Hall–Kier alpha value is -3.77. The molecule has 2 unspecified atom stereocenters. The average Bonchev–Trinajstić information content (AvgIpc) is 3.14. The number of amides is 1. The number of carbonyl (C=O) groups excluding carboxylic acids is 1. The smallest absolute Gasteiger partial charge is 0.344 e. The van der Waals surface area contributed by atoms with Crippen LogP contribution < -0.4 is 10.1 Å². The Morgan fingerprint density at radius 1 is 0.974 bits per heavy atom. The molecule has 1 heterocycles. The number of carboxylic acid groups (broad SMARTS) is 1.